The van der Waals surface area contributed by atoms with Gasteiger partial charge in [-0.1, -0.05) is 13.8 Å². The van der Waals surface area contributed by atoms with Crippen LogP contribution in [0.3, 0.4) is 0 Å². The van der Waals surface area contributed by atoms with Gasteiger partial charge in [0.2, 0.25) is 0 Å². The van der Waals surface area contributed by atoms with Crippen molar-refractivity contribution in [3.8, 4) is 0 Å². The van der Waals surface area contributed by atoms with Crippen molar-refractivity contribution in [3.63, 3.8) is 0 Å². The van der Waals surface area contributed by atoms with Crippen molar-refractivity contribution in [2.45, 2.75) is 32.2 Å². The molecule has 1 fully saturated rings. The number of nitrogens with one attached hydrogen (secondary N) is 2. The summed E-state index contributed by atoms with van der Waals surface area (Å²) in [6, 6.07) is -0.0864. The highest BCUT2D eigenvalue weighted by Gasteiger charge is 2.42. The van der Waals surface area contributed by atoms with Crippen molar-refractivity contribution >= 4 is 6.03 Å². The smallest absolute Gasteiger partial charge is 0.315 e. The largest absolute Gasteiger partial charge is 0.338 e. The van der Waals surface area contributed by atoms with E-state index in [2.05, 4.69) is 24.5 Å². The summed E-state index contributed by atoms with van der Waals surface area (Å²) in [5.74, 6) is 0.485. The first-order valence-electron chi connectivity index (χ1n) is 4.84. The molecule has 0 spiro atoms. The van der Waals surface area contributed by atoms with Crippen molar-refractivity contribution in [1.82, 2.24) is 10.6 Å². The third-order valence-electron chi connectivity index (χ3n) is 2.29. The summed E-state index contributed by atoms with van der Waals surface area (Å²) in [5, 5.41) is 5.70. The van der Waals surface area contributed by atoms with Gasteiger partial charge in [-0.25, -0.2) is 4.79 Å². The van der Waals surface area contributed by atoms with Crippen molar-refractivity contribution in [2.75, 3.05) is 13.1 Å². The summed E-state index contributed by atoms with van der Waals surface area (Å²) in [4.78, 5) is 11.3. The second-order valence-corrected chi connectivity index (χ2v) is 4.21. The van der Waals surface area contributed by atoms with Gasteiger partial charge in [0.1, 0.15) is 0 Å². The maximum absolute atomic E-state index is 11.3. The molecule has 4 heteroatoms. The molecule has 0 aromatic heterocycles. The lowest BCUT2D eigenvalue weighted by Gasteiger charge is -2.16. The zero-order valence-corrected chi connectivity index (χ0v) is 8.39. The quantitative estimate of drug-likeness (QED) is 0.594. The molecule has 0 aromatic rings. The van der Waals surface area contributed by atoms with Gasteiger partial charge in [-0.2, -0.15) is 0 Å². The highest BCUT2D eigenvalue weighted by atomic mass is 16.2. The van der Waals surface area contributed by atoms with Gasteiger partial charge in [-0.05, 0) is 18.8 Å². The Hall–Kier alpha value is -0.770. The Kier molecular flexibility index (Phi) is 3.14. The Morgan fingerprint density at radius 1 is 1.54 bits per heavy atom. The number of amides is 2. The fraction of sp³-hybridized carbons (Fsp3) is 0.889. The van der Waals surface area contributed by atoms with Crippen LogP contribution in [-0.2, 0) is 0 Å². The molecule has 0 heterocycles. The number of hydrogen-bond acceptors (Lipinski definition) is 2. The average molecular weight is 185 g/mol. The molecule has 0 bridgehead atoms. The van der Waals surface area contributed by atoms with Crippen LogP contribution in [0.1, 0.15) is 26.7 Å². The lowest BCUT2D eigenvalue weighted by Crippen LogP contribution is -2.48. The van der Waals surface area contributed by atoms with E-state index in [0.717, 1.165) is 12.8 Å². The third-order valence-corrected chi connectivity index (χ3v) is 2.29. The van der Waals surface area contributed by atoms with Crippen molar-refractivity contribution < 1.29 is 4.79 Å². The van der Waals surface area contributed by atoms with Crippen LogP contribution in [0.4, 0.5) is 4.79 Å². The van der Waals surface area contributed by atoms with E-state index in [0.29, 0.717) is 19.0 Å². The molecule has 0 atom stereocenters. The van der Waals surface area contributed by atoms with Crippen molar-refractivity contribution in [1.29, 1.82) is 0 Å². The predicted molar refractivity (Wildman–Crippen MR) is 52.4 cm³/mol. The zero-order chi connectivity index (χ0) is 9.90. The molecule has 0 saturated heterocycles. The maximum atomic E-state index is 11.3. The topological polar surface area (TPSA) is 67.2 Å². The number of carbonyl (C=O) groups excluding carboxylic acids is 1. The van der Waals surface area contributed by atoms with E-state index in [9.17, 15) is 4.79 Å². The van der Waals surface area contributed by atoms with Gasteiger partial charge < -0.3 is 16.4 Å². The monoisotopic (exact) mass is 185 g/mol. The van der Waals surface area contributed by atoms with Gasteiger partial charge >= 0.3 is 6.03 Å². The normalized spacial score (nSPS) is 18.5. The minimum Gasteiger partial charge on any atom is -0.338 e. The number of rotatable bonds is 4. The van der Waals surface area contributed by atoms with Crippen LogP contribution in [0.2, 0.25) is 0 Å². The van der Waals surface area contributed by atoms with E-state index in [1.54, 1.807) is 0 Å². The Labute approximate surface area is 79.3 Å². The van der Waals surface area contributed by atoms with Crippen molar-refractivity contribution in [3.05, 3.63) is 0 Å². The average Bonchev–Trinajstić information content (AvgIpc) is 2.82. The third kappa shape index (κ3) is 3.22. The number of urea groups is 1. The lowest BCUT2D eigenvalue weighted by atomic mass is 10.2. The van der Waals surface area contributed by atoms with Gasteiger partial charge in [0.15, 0.2) is 0 Å². The van der Waals surface area contributed by atoms with Crippen LogP contribution in [-0.4, -0.2) is 24.7 Å². The summed E-state index contributed by atoms with van der Waals surface area (Å²) < 4.78 is 0. The molecular weight excluding hydrogens is 166 g/mol. The van der Waals surface area contributed by atoms with E-state index in [4.69, 9.17) is 5.73 Å². The molecule has 13 heavy (non-hydrogen) atoms. The molecule has 1 aliphatic rings. The fourth-order valence-electron chi connectivity index (χ4n) is 1.11. The second kappa shape index (κ2) is 3.96. The predicted octanol–water partition coefficient (Wildman–Crippen LogP) is 0.433. The minimum absolute atomic E-state index is 0.0823. The number of carbonyl (C=O) groups is 1. The van der Waals surface area contributed by atoms with Gasteiger partial charge in [0, 0.05) is 13.1 Å². The molecule has 0 unspecified atom stereocenters. The molecule has 1 aliphatic carbocycles. The van der Waals surface area contributed by atoms with Crippen LogP contribution in [0.25, 0.3) is 0 Å². The maximum Gasteiger partial charge on any atom is 0.315 e. The molecule has 4 N–H and O–H groups in total. The summed E-state index contributed by atoms with van der Waals surface area (Å²) in [7, 11) is 0. The van der Waals surface area contributed by atoms with E-state index >= 15 is 0 Å². The SMILES string of the molecule is CC(C)CNC(=O)NC1(CN)CC1. The molecule has 4 nitrogen and oxygen atoms in total. The van der Waals surface area contributed by atoms with Gasteiger partial charge in [0.05, 0.1) is 5.54 Å². The minimum atomic E-state index is -0.0864. The molecule has 76 valence electrons. The first-order chi connectivity index (χ1) is 6.08. The highest BCUT2D eigenvalue weighted by molar-refractivity contribution is 5.75. The second-order valence-electron chi connectivity index (χ2n) is 4.21. The van der Waals surface area contributed by atoms with Gasteiger partial charge in [0.25, 0.3) is 0 Å². The van der Waals surface area contributed by atoms with Crippen LogP contribution in [0.5, 0.6) is 0 Å². The molecular formula is C9H19N3O. The van der Waals surface area contributed by atoms with E-state index in [1.807, 2.05) is 0 Å². The summed E-state index contributed by atoms with van der Waals surface area (Å²) in [6.07, 6.45) is 2.02. The highest BCUT2D eigenvalue weighted by Crippen LogP contribution is 2.33. The fourth-order valence-corrected chi connectivity index (χ4v) is 1.11. The zero-order valence-electron chi connectivity index (χ0n) is 8.39. The molecule has 1 rings (SSSR count). The summed E-state index contributed by atoms with van der Waals surface area (Å²) >= 11 is 0. The van der Waals surface area contributed by atoms with E-state index in [1.165, 1.54) is 0 Å². The Balaban J connectivity index is 2.18. The van der Waals surface area contributed by atoms with Gasteiger partial charge in [-0.15, -0.1) is 0 Å². The lowest BCUT2D eigenvalue weighted by molar-refractivity contribution is 0.234. The first-order valence-corrected chi connectivity index (χ1v) is 4.84. The first kappa shape index (κ1) is 10.3. The van der Waals surface area contributed by atoms with E-state index in [-0.39, 0.29) is 11.6 Å². The van der Waals surface area contributed by atoms with Crippen LogP contribution >= 0.6 is 0 Å². The van der Waals surface area contributed by atoms with Crippen LogP contribution in [0.15, 0.2) is 0 Å². The Bertz CT molecular complexity index is 187. The molecule has 1 saturated carbocycles. The number of nitrogens with two attached hydrogens (primary N) is 1. The molecule has 0 aromatic carbocycles. The van der Waals surface area contributed by atoms with Crippen LogP contribution < -0.4 is 16.4 Å². The Morgan fingerprint density at radius 3 is 2.54 bits per heavy atom. The van der Waals surface area contributed by atoms with Gasteiger partial charge in [-0.3, -0.25) is 0 Å². The molecule has 0 aliphatic heterocycles. The summed E-state index contributed by atoms with van der Waals surface area (Å²) in [5.41, 5.74) is 5.45. The number of hydrogen-bond donors (Lipinski definition) is 3. The standard InChI is InChI=1S/C9H19N3O/c1-7(2)5-11-8(13)12-9(6-10)3-4-9/h7H,3-6,10H2,1-2H3,(H2,11,12,13). The molecule has 2 amide bonds. The Morgan fingerprint density at radius 2 is 2.15 bits per heavy atom. The van der Waals surface area contributed by atoms with Crippen LogP contribution in [0, 0.1) is 5.92 Å². The molecule has 0 radical (unpaired) electrons. The van der Waals surface area contributed by atoms with E-state index < -0.39 is 0 Å². The van der Waals surface area contributed by atoms with Crippen molar-refractivity contribution in [2.24, 2.45) is 11.7 Å². The summed E-state index contributed by atoms with van der Waals surface area (Å²) in [6.45, 7) is 5.39.